The van der Waals surface area contributed by atoms with E-state index in [9.17, 15) is 18.0 Å². The summed E-state index contributed by atoms with van der Waals surface area (Å²) >= 11 is 5.94. The van der Waals surface area contributed by atoms with Crippen LogP contribution < -0.4 is 5.32 Å². The van der Waals surface area contributed by atoms with E-state index in [1.54, 1.807) is 5.32 Å². The number of halogens is 4. The van der Waals surface area contributed by atoms with Crippen molar-refractivity contribution < 1.29 is 18.0 Å². The highest BCUT2D eigenvalue weighted by molar-refractivity contribution is 9.10. The molecule has 0 aliphatic heterocycles. The third-order valence-electron chi connectivity index (χ3n) is 1.96. The topological polar surface area (TPSA) is 42.0 Å². The SMILES string of the molecule is O=C(NCC(F)(F)F)c1csc(-c2cc(Br)cs2)n1. The number of amides is 1. The monoisotopic (exact) mass is 370 g/mol. The van der Waals surface area contributed by atoms with E-state index in [4.69, 9.17) is 0 Å². The first-order chi connectivity index (χ1) is 8.85. The van der Waals surface area contributed by atoms with Gasteiger partial charge in [0.2, 0.25) is 0 Å². The van der Waals surface area contributed by atoms with Crippen molar-refractivity contribution in [1.82, 2.24) is 10.3 Å². The minimum absolute atomic E-state index is 0.00577. The number of alkyl halides is 3. The molecule has 2 heterocycles. The molecule has 3 nitrogen and oxygen atoms in total. The molecule has 1 amide bonds. The molecule has 0 aliphatic rings. The molecule has 2 aromatic rings. The van der Waals surface area contributed by atoms with Crippen LogP contribution in [-0.4, -0.2) is 23.6 Å². The highest BCUT2D eigenvalue weighted by Gasteiger charge is 2.28. The van der Waals surface area contributed by atoms with E-state index < -0.39 is 18.6 Å². The van der Waals surface area contributed by atoms with Gasteiger partial charge in [-0.2, -0.15) is 13.2 Å². The number of hydrogen-bond acceptors (Lipinski definition) is 4. The number of rotatable bonds is 3. The predicted octanol–water partition coefficient (Wildman–Crippen LogP) is 3.93. The molecule has 2 aromatic heterocycles. The summed E-state index contributed by atoms with van der Waals surface area (Å²) in [5, 5.41) is 5.69. The summed E-state index contributed by atoms with van der Waals surface area (Å²) in [5.74, 6) is -0.824. The maximum atomic E-state index is 12.0. The summed E-state index contributed by atoms with van der Waals surface area (Å²) in [4.78, 5) is 16.3. The van der Waals surface area contributed by atoms with Crippen molar-refractivity contribution in [1.29, 1.82) is 0 Å². The minimum atomic E-state index is -4.42. The Bertz CT molecular complexity index is 594. The summed E-state index contributed by atoms with van der Waals surface area (Å²) in [7, 11) is 0. The molecule has 0 saturated carbocycles. The maximum Gasteiger partial charge on any atom is 0.405 e. The van der Waals surface area contributed by atoms with Crippen LogP contribution in [0.25, 0.3) is 9.88 Å². The Kier molecular flexibility index (Phi) is 4.26. The fraction of sp³-hybridized carbons (Fsp3) is 0.200. The van der Waals surface area contributed by atoms with E-state index in [1.807, 2.05) is 11.4 Å². The van der Waals surface area contributed by atoms with Gasteiger partial charge in [0.1, 0.15) is 17.2 Å². The van der Waals surface area contributed by atoms with Gasteiger partial charge in [-0.1, -0.05) is 0 Å². The summed E-state index contributed by atoms with van der Waals surface area (Å²) in [6.07, 6.45) is -4.42. The zero-order chi connectivity index (χ0) is 14.0. The van der Waals surface area contributed by atoms with Crippen LogP contribution in [0.3, 0.4) is 0 Å². The third kappa shape index (κ3) is 4.02. The Morgan fingerprint density at radius 3 is 2.68 bits per heavy atom. The van der Waals surface area contributed by atoms with Crippen LogP contribution in [0.1, 0.15) is 10.5 Å². The summed E-state index contributed by atoms with van der Waals surface area (Å²) < 4.78 is 36.8. The molecule has 0 radical (unpaired) electrons. The van der Waals surface area contributed by atoms with Gasteiger partial charge in [-0.25, -0.2) is 4.98 Å². The van der Waals surface area contributed by atoms with Gasteiger partial charge in [-0.3, -0.25) is 4.79 Å². The van der Waals surface area contributed by atoms with E-state index in [-0.39, 0.29) is 5.69 Å². The van der Waals surface area contributed by atoms with Crippen LogP contribution >= 0.6 is 38.6 Å². The summed E-state index contributed by atoms with van der Waals surface area (Å²) in [6, 6.07) is 1.83. The number of nitrogens with zero attached hydrogens (tertiary/aromatic N) is 1. The van der Waals surface area contributed by atoms with Gasteiger partial charge in [0.05, 0.1) is 4.88 Å². The molecule has 0 spiro atoms. The van der Waals surface area contributed by atoms with Gasteiger partial charge in [0, 0.05) is 15.2 Å². The molecule has 102 valence electrons. The van der Waals surface area contributed by atoms with E-state index in [0.717, 1.165) is 9.35 Å². The largest absolute Gasteiger partial charge is 0.405 e. The smallest absolute Gasteiger partial charge is 0.342 e. The Hall–Kier alpha value is -0.930. The van der Waals surface area contributed by atoms with Crippen molar-refractivity contribution in [2.24, 2.45) is 0 Å². The second-order valence-corrected chi connectivity index (χ2v) is 6.15. The molecule has 0 aromatic carbocycles. The van der Waals surface area contributed by atoms with Gasteiger partial charge < -0.3 is 5.32 Å². The average molecular weight is 371 g/mol. The van der Waals surface area contributed by atoms with Gasteiger partial charge in [-0.05, 0) is 22.0 Å². The van der Waals surface area contributed by atoms with Crippen LogP contribution in [0.5, 0.6) is 0 Å². The van der Waals surface area contributed by atoms with Crippen molar-refractivity contribution in [2.45, 2.75) is 6.18 Å². The lowest BCUT2D eigenvalue weighted by Crippen LogP contribution is -2.33. The quantitative estimate of drug-likeness (QED) is 0.889. The highest BCUT2D eigenvalue weighted by atomic mass is 79.9. The number of carbonyl (C=O) groups is 1. The number of nitrogens with one attached hydrogen (secondary N) is 1. The summed E-state index contributed by atoms with van der Waals surface area (Å²) in [5.41, 5.74) is -0.00577. The van der Waals surface area contributed by atoms with Crippen LogP contribution in [0.2, 0.25) is 0 Å². The maximum absolute atomic E-state index is 12.0. The number of thiophene rings is 1. The Morgan fingerprint density at radius 2 is 2.11 bits per heavy atom. The standard InChI is InChI=1S/C10H6BrF3N2OS2/c11-5-1-7(18-2-5)9-16-6(3-19-9)8(17)15-4-10(12,13)14/h1-3H,4H2,(H,15,17). The molecule has 0 unspecified atom stereocenters. The van der Waals surface area contributed by atoms with Gasteiger partial charge in [0.25, 0.3) is 5.91 Å². The van der Waals surface area contributed by atoms with E-state index in [0.29, 0.717) is 5.01 Å². The van der Waals surface area contributed by atoms with Crippen molar-refractivity contribution >= 4 is 44.5 Å². The number of hydrogen-bond donors (Lipinski definition) is 1. The van der Waals surface area contributed by atoms with E-state index in [1.165, 1.54) is 28.1 Å². The Balaban J connectivity index is 2.07. The first-order valence-electron chi connectivity index (χ1n) is 4.90. The molecular formula is C10H6BrF3N2OS2. The van der Waals surface area contributed by atoms with E-state index in [2.05, 4.69) is 20.9 Å². The zero-order valence-corrected chi connectivity index (χ0v) is 12.3. The van der Waals surface area contributed by atoms with Gasteiger partial charge in [-0.15, -0.1) is 22.7 Å². The fourth-order valence-corrected chi connectivity index (χ4v) is 3.50. The van der Waals surface area contributed by atoms with Crippen molar-refractivity contribution in [3.05, 3.63) is 27.0 Å². The van der Waals surface area contributed by atoms with Crippen molar-refractivity contribution in [3.63, 3.8) is 0 Å². The molecule has 0 aliphatic carbocycles. The second-order valence-electron chi connectivity index (χ2n) is 3.46. The number of carbonyl (C=O) groups excluding carboxylic acids is 1. The molecule has 0 atom stereocenters. The van der Waals surface area contributed by atoms with Crippen LogP contribution in [-0.2, 0) is 0 Å². The van der Waals surface area contributed by atoms with E-state index >= 15 is 0 Å². The minimum Gasteiger partial charge on any atom is -0.342 e. The first kappa shape index (κ1) is 14.5. The molecule has 0 saturated heterocycles. The first-order valence-corrected chi connectivity index (χ1v) is 7.45. The Labute approximate surface area is 122 Å². The van der Waals surface area contributed by atoms with Gasteiger partial charge >= 0.3 is 6.18 Å². The average Bonchev–Trinajstić information content (AvgIpc) is 2.93. The zero-order valence-electron chi connectivity index (χ0n) is 9.12. The highest BCUT2D eigenvalue weighted by Crippen LogP contribution is 2.31. The number of aromatic nitrogens is 1. The lowest BCUT2D eigenvalue weighted by atomic mass is 10.4. The number of thiazole rings is 1. The van der Waals surface area contributed by atoms with Crippen LogP contribution in [0, 0.1) is 0 Å². The normalized spacial score (nSPS) is 11.6. The lowest BCUT2D eigenvalue weighted by Gasteiger charge is -2.06. The molecule has 2 rings (SSSR count). The van der Waals surface area contributed by atoms with Crippen LogP contribution in [0.15, 0.2) is 21.3 Å². The fourth-order valence-electron chi connectivity index (χ4n) is 1.19. The molecular weight excluding hydrogens is 365 g/mol. The summed E-state index contributed by atoms with van der Waals surface area (Å²) in [6.45, 7) is -1.36. The van der Waals surface area contributed by atoms with Crippen molar-refractivity contribution in [2.75, 3.05) is 6.54 Å². The van der Waals surface area contributed by atoms with Crippen LogP contribution in [0.4, 0.5) is 13.2 Å². The molecule has 1 N–H and O–H groups in total. The predicted molar refractivity (Wildman–Crippen MR) is 71.5 cm³/mol. The third-order valence-corrected chi connectivity index (χ3v) is 4.67. The van der Waals surface area contributed by atoms with Gasteiger partial charge in [0.15, 0.2) is 0 Å². The second kappa shape index (κ2) is 5.59. The molecule has 0 fully saturated rings. The molecule has 19 heavy (non-hydrogen) atoms. The molecule has 0 bridgehead atoms. The Morgan fingerprint density at radius 1 is 1.37 bits per heavy atom. The lowest BCUT2D eigenvalue weighted by molar-refractivity contribution is -0.123. The molecule has 9 heteroatoms. The van der Waals surface area contributed by atoms with Crippen molar-refractivity contribution in [3.8, 4) is 9.88 Å².